The summed E-state index contributed by atoms with van der Waals surface area (Å²) in [6.45, 7) is 6.48. The van der Waals surface area contributed by atoms with Crippen molar-refractivity contribution in [2.45, 2.75) is 33.9 Å². The van der Waals surface area contributed by atoms with Gasteiger partial charge in [0.25, 0.3) is 0 Å². The Morgan fingerprint density at radius 1 is 1.29 bits per heavy atom. The van der Waals surface area contributed by atoms with Crippen LogP contribution in [0.3, 0.4) is 0 Å². The fraction of sp³-hybridized carbons (Fsp3) is 0.263. The van der Waals surface area contributed by atoms with Crippen LogP contribution in [0.2, 0.25) is 0 Å². The number of benzene rings is 1. The summed E-state index contributed by atoms with van der Waals surface area (Å²) in [6.07, 6.45) is -0.00625. The molecular weight excluding hydrogens is 362 g/mol. The molecule has 3 aromatic rings. The molecule has 0 amide bonds. The second kappa shape index (κ2) is 7.55. The van der Waals surface area contributed by atoms with Crippen molar-refractivity contribution in [1.29, 1.82) is 0 Å². The SMILES string of the molecule is CC(=O)OC(C)n1nnc(-c2[nH]c(C)c(C(=O)c3cccc(C=O)c3)c2C)n1. The molecule has 9 heteroatoms. The summed E-state index contributed by atoms with van der Waals surface area (Å²) in [6, 6.07) is 6.52. The highest BCUT2D eigenvalue weighted by Gasteiger charge is 2.23. The Kier molecular flexibility index (Phi) is 5.16. The van der Waals surface area contributed by atoms with Crippen LogP contribution in [0.1, 0.15) is 57.6 Å². The minimum Gasteiger partial charge on any atom is -0.438 e. The second-order valence-corrected chi connectivity index (χ2v) is 6.34. The topological polar surface area (TPSA) is 120 Å². The number of aryl methyl sites for hydroxylation is 1. The molecule has 0 fully saturated rings. The van der Waals surface area contributed by atoms with Crippen LogP contribution in [0.4, 0.5) is 0 Å². The first kappa shape index (κ1) is 19.2. The van der Waals surface area contributed by atoms with E-state index in [0.29, 0.717) is 39.9 Å². The molecule has 3 rings (SSSR count). The van der Waals surface area contributed by atoms with E-state index in [2.05, 4.69) is 20.4 Å². The minimum atomic E-state index is -0.706. The molecule has 0 aliphatic rings. The maximum absolute atomic E-state index is 13.0. The van der Waals surface area contributed by atoms with Crippen molar-refractivity contribution in [1.82, 2.24) is 25.2 Å². The third-order valence-electron chi connectivity index (χ3n) is 4.26. The molecule has 0 aliphatic carbocycles. The van der Waals surface area contributed by atoms with Crippen LogP contribution in [0.5, 0.6) is 0 Å². The lowest BCUT2D eigenvalue weighted by atomic mass is 9.98. The highest BCUT2D eigenvalue weighted by Crippen LogP contribution is 2.27. The van der Waals surface area contributed by atoms with E-state index in [-0.39, 0.29) is 11.6 Å². The predicted molar refractivity (Wildman–Crippen MR) is 98.8 cm³/mol. The molecule has 144 valence electrons. The van der Waals surface area contributed by atoms with Gasteiger partial charge in [0, 0.05) is 29.3 Å². The Hall–Kier alpha value is -3.62. The molecule has 1 atom stereocenters. The number of H-pyrrole nitrogens is 1. The number of aromatic nitrogens is 5. The molecule has 9 nitrogen and oxygen atoms in total. The molecular formula is C19H19N5O4. The minimum absolute atomic E-state index is 0.207. The van der Waals surface area contributed by atoms with Crippen LogP contribution in [-0.4, -0.2) is 43.2 Å². The van der Waals surface area contributed by atoms with Gasteiger partial charge in [0.1, 0.15) is 6.29 Å². The van der Waals surface area contributed by atoms with Gasteiger partial charge in [-0.2, -0.15) is 0 Å². The number of rotatable bonds is 6. The Bertz CT molecular complexity index is 1070. The fourth-order valence-electron chi connectivity index (χ4n) is 2.98. The molecule has 0 saturated carbocycles. The van der Waals surface area contributed by atoms with E-state index in [0.717, 1.165) is 0 Å². The van der Waals surface area contributed by atoms with E-state index >= 15 is 0 Å². The first-order valence-electron chi connectivity index (χ1n) is 8.58. The lowest BCUT2D eigenvalue weighted by Crippen LogP contribution is -2.15. The van der Waals surface area contributed by atoms with Gasteiger partial charge < -0.3 is 9.72 Å². The Labute approximate surface area is 160 Å². The van der Waals surface area contributed by atoms with Gasteiger partial charge in [-0.05, 0) is 37.6 Å². The van der Waals surface area contributed by atoms with Gasteiger partial charge >= 0.3 is 5.97 Å². The molecule has 28 heavy (non-hydrogen) atoms. The Balaban J connectivity index is 1.96. The van der Waals surface area contributed by atoms with Crippen molar-refractivity contribution in [3.8, 4) is 11.5 Å². The third kappa shape index (κ3) is 3.59. The average molecular weight is 381 g/mol. The summed E-state index contributed by atoms with van der Waals surface area (Å²) in [5, 5.41) is 12.1. The largest absolute Gasteiger partial charge is 0.438 e. The van der Waals surface area contributed by atoms with Gasteiger partial charge in [-0.3, -0.25) is 14.4 Å². The van der Waals surface area contributed by atoms with E-state index in [9.17, 15) is 14.4 Å². The number of ketones is 1. The number of hydrogen-bond donors (Lipinski definition) is 1. The normalized spacial score (nSPS) is 11.9. The number of nitrogens with one attached hydrogen (secondary N) is 1. The van der Waals surface area contributed by atoms with Gasteiger partial charge in [-0.15, -0.1) is 15.0 Å². The quantitative estimate of drug-likeness (QED) is 0.395. The van der Waals surface area contributed by atoms with Crippen molar-refractivity contribution >= 4 is 18.0 Å². The zero-order valence-corrected chi connectivity index (χ0v) is 15.9. The summed E-state index contributed by atoms with van der Waals surface area (Å²) < 4.78 is 5.03. The van der Waals surface area contributed by atoms with E-state index in [1.54, 1.807) is 45.0 Å². The second-order valence-electron chi connectivity index (χ2n) is 6.34. The summed E-state index contributed by atoms with van der Waals surface area (Å²) in [7, 11) is 0. The number of hydrogen-bond acceptors (Lipinski definition) is 7. The van der Waals surface area contributed by atoms with Gasteiger partial charge in [-0.1, -0.05) is 18.2 Å². The molecule has 2 aromatic heterocycles. The number of carbonyl (C=O) groups excluding carboxylic acids is 3. The summed E-state index contributed by atoms with van der Waals surface area (Å²) in [4.78, 5) is 39.4. The van der Waals surface area contributed by atoms with Gasteiger partial charge in [0.05, 0.1) is 5.69 Å². The molecule has 2 heterocycles. The highest BCUT2D eigenvalue weighted by atomic mass is 16.6. The zero-order valence-electron chi connectivity index (χ0n) is 15.9. The van der Waals surface area contributed by atoms with Crippen LogP contribution in [-0.2, 0) is 9.53 Å². The number of nitrogens with zero attached hydrogens (tertiary/aromatic N) is 4. The summed E-state index contributed by atoms with van der Waals surface area (Å²) >= 11 is 0. The van der Waals surface area contributed by atoms with Crippen LogP contribution in [0.15, 0.2) is 24.3 Å². The zero-order chi connectivity index (χ0) is 20.4. The molecule has 0 bridgehead atoms. The van der Waals surface area contributed by atoms with Crippen molar-refractivity contribution in [2.75, 3.05) is 0 Å². The van der Waals surface area contributed by atoms with E-state index in [1.165, 1.54) is 11.7 Å². The number of esters is 1. The number of aldehydes is 1. The molecule has 1 aromatic carbocycles. The van der Waals surface area contributed by atoms with Crippen LogP contribution >= 0.6 is 0 Å². The maximum atomic E-state index is 13.0. The number of carbonyl (C=O) groups is 3. The van der Waals surface area contributed by atoms with Crippen molar-refractivity contribution in [3.63, 3.8) is 0 Å². The van der Waals surface area contributed by atoms with E-state index < -0.39 is 12.2 Å². The van der Waals surface area contributed by atoms with Gasteiger partial charge in [-0.25, -0.2) is 0 Å². The fourth-order valence-corrected chi connectivity index (χ4v) is 2.98. The van der Waals surface area contributed by atoms with Gasteiger partial charge in [0.2, 0.25) is 12.1 Å². The van der Waals surface area contributed by atoms with Gasteiger partial charge in [0.15, 0.2) is 5.78 Å². The first-order valence-corrected chi connectivity index (χ1v) is 8.58. The highest BCUT2D eigenvalue weighted by molar-refractivity contribution is 6.12. The van der Waals surface area contributed by atoms with Crippen LogP contribution < -0.4 is 0 Å². The number of tetrazole rings is 1. The van der Waals surface area contributed by atoms with Crippen molar-refractivity contribution < 1.29 is 19.1 Å². The monoisotopic (exact) mass is 381 g/mol. The maximum Gasteiger partial charge on any atom is 0.304 e. The van der Waals surface area contributed by atoms with E-state index in [1.807, 2.05) is 0 Å². The molecule has 0 aliphatic heterocycles. The number of ether oxygens (including phenoxy) is 1. The average Bonchev–Trinajstić information content (AvgIpc) is 3.25. The summed E-state index contributed by atoms with van der Waals surface area (Å²) in [5.41, 5.74) is 3.20. The third-order valence-corrected chi connectivity index (χ3v) is 4.26. The first-order chi connectivity index (χ1) is 13.3. The van der Waals surface area contributed by atoms with Crippen LogP contribution in [0.25, 0.3) is 11.5 Å². The predicted octanol–water partition coefficient (Wildman–Crippen LogP) is 2.41. The smallest absolute Gasteiger partial charge is 0.304 e. The lowest BCUT2D eigenvalue weighted by molar-refractivity contribution is -0.151. The standard InChI is InChI=1S/C19H19N5O4/c1-10-16(18(27)15-7-5-6-14(8-15)9-25)11(2)20-17(10)19-21-23-24(22-19)12(3)28-13(4)26/h5-9,12,20H,1-4H3. The number of aromatic amines is 1. The molecule has 0 spiro atoms. The molecule has 0 saturated heterocycles. The van der Waals surface area contributed by atoms with Crippen molar-refractivity contribution in [3.05, 3.63) is 52.2 Å². The van der Waals surface area contributed by atoms with E-state index in [4.69, 9.17) is 4.74 Å². The molecule has 1 N–H and O–H groups in total. The Morgan fingerprint density at radius 3 is 2.71 bits per heavy atom. The lowest BCUT2D eigenvalue weighted by Gasteiger charge is -2.08. The van der Waals surface area contributed by atoms with Crippen LogP contribution in [0, 0.1) is 13.8 Å². The summed E-state index contributed by atoms with van der Waals surface area (Å²) in [5.74, 6) is -0.383. The molecule has 1 unspecified atom stereocenters. The molecule has 0 radical (unpaired) electrons. The Morgan fingerprint density at radius 2 is 2.04 bits per heavy atom. The van der Waals surface area contributed by atoms with Crippen molar-refractivity contribution in [2.24, 2.45) is 0 Å².